The Hall–Kier alpha value is -2.45. The number of carbonyl (C=O) groups is 1. The third kappa shape index (κ3) is 3.39. The van der Waals surface area contributed by atoms with Gasteiger partial charge < -0.3 is 10.2 Å². The number of benzene rings is 1. The summed E-state index contributed by atoms with van der Waals surface area (Å²) in [6.45, 7) is 1.33. The zero-order chi connectivity index (χ0) is 16.4. The summed E-state index contributed by atoms with van der Waals surface area (Å²) in [5.74, 6) is -0.153. The molecular formula is C15H18ClN5O3. The normalized spacial score (nSPS) is 16.7. The quantitative estimate of drug-likeness (QED) is 0.667. The number of carbonyl (C=O) groups excluding carboxylic acids is 1. The number of hydrogen-bond donors (Lipinski definition) is 1. The Morgan fingerprint density at radius 1 is 1.38 bits per heavy atom. The van der Waals surface area contributed by atoms with E-state index in [9.17, 15) is 14.9 Å². The monoisotopic (exact) mass is 351 g/mol. The second-order valence-corrected chi connectivity index (χ2v) is 5.42. The first kappa shape index (κ1) is 17.9. The highest BCUT2D eigenvalue weighted by Crippen LogP contribution is 2.22. The number of likely N-dealkylation sites (tertiary alicyclic amines) is 1. The molecule has 1 unspecified atom stereocenters. The predicted molar refractivity (Wildman–Crippen MR) is 90.8 cm³/mol. The molecule has 9 heteroatoms. The second kappa shape index (κ2) is 7.41. The molecule has 1 saturated heterocycles. The van der Waals surface area contributed by atoms with Gasteiger partial charge in [-0.3, -0.25) is 14.9 Å². The maximum Gasteiger partial charge on any atom is 0.294 e. The Balaban J connectivity index is 0.00000208. The van der Waals surface area contributed by atoms with Crippen LogP contribution in [-0.2, 0) is 0 Å². The van der Waals surface area contributed by atoms with Gasteiger partial charge in [0.15, 0.2) is 5.69 Å². The van der Waals surface area contributed by atoms with Crippen LogP contribution in [0.15, 0.2) is 36.5 Å². The summed E-state index contributed by atoms with van der Waals surface area (Å²) in [6, 6.07) is 8.20. The first-order valence-electron chi connectivity index (χ1n) is 7.36. The predicted octanol–water partition coefficient (Wildman–Crippen LogP) is 1.64. The average Bonchev–Trinajstić information content (AvgIpc) is 3.23. The van der Waals surface area contributed by atoms with Gasteiger partial charge in [0.2, 0.25) is 0 Å². The van der Waals surface area contributed by atoms with Gasteiger partial charge in [-0.1, -0.05) is 12.1 Å². The lowest BCUT2D eigenvalue weighted by Crippen LogP contribution is -2.33. The standard InChI is InChI=1S/C15H17N5O3.ClH/c1-16-11-6-8-18(10-11)15(21)12-7-9-19(17-12)13-4-2-3-5-14(13)20(22)23;/h2-5,7,9,11,16H,6,8,10H2,1H3;1H. The molecule has 1 aliphatic rings. The number of rotatable bonds is 4. The van der Waals surface area contributed by atoms with Gasteiger partial charge in [-0.05, 0) is 25.6 Å². The van der Waals surface area contributed by atoms with Gasteiger partial charge in [-0.2, -0.15) is 5.10 Å². The molecule has 8 nitrogen and oxygen atoms in total. The van der Waals surface area contributed by atoms with E-state index < -0.39 is 4.92 Å². The van der Waals surface area contributed by atoms with Gasteiger partial charge in [0.25, 0.3) is 11.6 Å². The van der Waals surface area contributed by atoms with Crippen LogP contribution in [-0.4, -0.2) is 51.7 Å². The fourth-order valence-electron chi connectivity index (χ4n) is 2.73. The van der Waals surface area contributed by atoms with Crippen molar-refractivity contribution in [2.24, 2.45) is 0 Å². The molecule has 1 N–H and O–H groups in total. The lowest BCUT2D eigenvalue weighted by atomic mass is 10.3. The number of hydrogen-bond acceptors (Lipinski definition) is 5. The van der Waals surface area contributed by atoms with Crippen LogP contribution in [0.5, 0.6) is 0 Å². The van der Waals surface area contributed by atoms with Crippen LogP contribution in [0.3, 0.4) is 0 Å². The maximum atomic E-state index is 12.5. The van der Waals surface area contributed by atoms with Gasteiger partial charge in [0.1, 0.15) is 5.69 Å². The topological polar surface area (TPSA) is 93.3 Å². The Morgan fingerprint density at radius 2 is 2.12 bits per heavy atom. The number of halogens is 1. The first-order chi connectivity index (χ1) is 11.1. The minimum Gasteiger partial charge on any atom is -0.336 e. The molecule has 2 aromatic rings. The molecule has 0 bridgehead atoms. The van der Waals surface area contributed by atoms with Crippen LogP contribution in [0.4, 0.5) is 5.69 Å². The Morgan fingerprint density at radius 3 is 2.79 bits per heavy atom. The van der Waals surface area contributed by atoms with Gasteiger partial charge in [0, 0.05) is 31.4 Å². The van der Waals surface area contributed by atoms with Crippen molar-refractivity contribution in [1.29, 1.82) is 0 Å². The molecule has 0 saturated carbocycles. The second-order valence-electron chi connectivity index (χ2n) is 5.42. The lowest BCUT2D eigenvalue weighted by molar-refractivity contribution is -0.384. The van der Waals surface area contributed by atoms with Crippen molar-refractivity contribution in [3.05, 3.63) is 52.3 Å². The van der Waals surface area contributed by atoms with E-state index in [0.717, 1.165) is 6.42 Å². The number of amides is 1. The zero-order valence-corrected chi connectivity index (χ0v) is 13.9. The molecule has 1 amide bonds. The molecule has 1 fully saturated rings. The first-order valence-corrected chi connectivity index (χ1v) is 7.36. The molecule has 3 rings (SSSR count). The molecule has 1 atom stereocenters. The summed E-state index contributed by atoms with van der Waals surface area (Å²) < 4.78 is 1.37. The molecule has 2 heterocycles. The van der Waals surface area contributed by atoms with Crippen molar-refractivity contribution < 1.29 is 9.72 Å². The number of nitro benzene ring substituents is 1. The summed E-state index contributed by atoms with van der Waals surface area (Å²) in [6.07, 6.45) is 2.48. The summed E-state index contributed by atoms with van der Waals surface area (Å²) >= 11 is 0. The van der Waals surface area contributed by atoms with E-state index in [1.807, 2.05) is 7.05 Å². The van der Waals surface area contributed by atoms with Crippen molar-refractivity contribution >= 4 is 24.0 Å². The summed E-state index contributed by atoms with van der Waals surface area (Å²) in [4.78, 5) is 24.8. The molecule has 128 valence electrons. The fraction of sp³-hybridized carbons (Fsp3) is 0.333. The van der Waals surface area contributed by atoms with E-state index in [2.05, 4.69) is 10.4 Å². The summed E-state index contributed by atoms with van der Waals surface area (Å²) in [5, 5.41) is 18.5. The summed E-state index contributed by atoms with van der Waals surface area (Å²) in [7, 11) is 1.88. The van der Waals surface area contributed by atoms with Crippen LogP contribution in [0.1, 0.15) is 16.9 Å². The molecule has 0 aliphatic carbocycles. The third-order valence-corrected chi connectivity index (χ3v) is 4.02. The van der Waals surface area contributed by atoms with Crippen LogP contribution in [0.25, 0.3) is 5.69 Å². The van der Waals surface area contributed by atoms with Crippen molar-refractivity contribution in [3.8, 4) is 5.69 Å². The highest BCUT2D eigenvalue weighted by molar-refractivity contribution is 5.92. The van der Waals surface area contributed by atoms with Crippen LogP contribution in [0, 0.1) is 10.1 Å². The smallest absolute Gasteiger partial charge is 0.294 e. The fourth-order valence-corrected chi connectivity index (χ4v) is 2.73. The molecule has 1 aliphatic heterocycles. The van der Waals surface area contributed by atoms with Crippen molar-refractivity contribution in [3.63, 3.8) is 0 Å². The Bertz CT molecular complexity index is 748. The molecule has 1 aromatic carbocycles. The molecule has 24 heavy (non-hydrogen) atoms. The van der Waals surface area contributed by atoms with E-state index in [0.29, 0.717) is 30.5 Å². The van der Waals surface area contributed by atoms with E-state index >= 15 is 0 Å². The lowest BCUT2D eigenvalue weighted by Gasteiger charge is -2.14. The van der Waals surface area contributed by atoms with Crippen LogP contribution >= 0.6 is 12.4 Å². The van der Waals surface area contributed by atoms with E-state index in [-0.39, 0.29) is 24.0 Å². The van der Waals surface area contributed by atoms with Gasteiger partial charge >= 0.3 is 0 Å². The third-order valence-electron chi connectivity index (χ3n) is 4.02. The van der Waals surface area contributed by atoms with E-state index in [1.165, 1.54) is 10.7 Å². The SMILES string of the molecule is CNC1CCN(C(=O)c2ccn(-c3ccccc3[N+](=O)[O-])n2)C1.Cl. The summed E-state index contributed by atoms with van der Waals surface area (Å²) in [5.41, 5.74) is 0.581. The number of nitro groups is 1. The van der Waals surface area contributed by atoms with E-state index in [4.69, 9.17) is 0 Å². The largest absolute Gasteiger partial charge is 0.336 e. The van der Waals surface area contributed by atoms with Crippen molar-refractivity contribution in [1.82, 2.24) is 20.0 Å². The zero-order valence-electron chi connectivity index (χ0n) is 13.1. The van der Waals surface area contributed by atoms with Crippen LogP contribution in [0.2, 0.25) is 0 Å². The molecule has 0 spiro atoms. The Kier molecular flexibility index (Phi) is 5.53. The highest BCUT2D eigenvalue weighted by Gasteiger charge is 2.27. The number of aromatic nitrogens is 2. The minimum atomic E-state index is -0.462. The highest BCUT2D eigenvalue weighted by atomic mass is 35.5. The molecular weight excluding hydrogens is 334 g/mol. The van der Waals surface area contributed by atoms with Gasteiger partial charge in [-0.15, -0.1) is 12.4 Å². The van der Waals surface area contributed by atoms with Gasteiger partial charge in [0.05, 0.1) is 4.92 Å². The number of nitrogens with zero attached hydrogens (tertiary/aromatic N) is 4. The van der Waals surface area contributed by atoms with Gasteiger partial charge in [-0.25, -0.2) is 4.68 Å². The number of nitrogens with one attached hydrogen (secondary N) is 1. The van der Waals surface area contributed by atoms with Crippen molar-refractivity contribution in [2.75, 3.05) is 20.1 Å². The molecule has 0 radical (unpaired) electrons. The van der Waals surface area contributed by atoms with Crippen molar-refractivity contribution in [2.45, 2.75) is 12.5 Å². The maximum absolute atomic E-state index is 12.5. The minimum absolute atomic E-state index is 0. The number of likely N-dealkylation sites (N-methyl/N-ethyl adjacent to an activating group) is 1. The van der Waals surface area contributed by atoms with Crippen LogP contribution < -0.4 is 5.32 Å². The molecule has 1 aromatic heterocycles. The van der Waals surface area contributed by atoms with E-state index in [1.54, 1.807) is 35.4 Å². The Labute approximate surface area is 145 Å². The number of para-hydroxylation sites is 2. The average molecular weight is 352 g/mol.